The molecule has 0 saturated heterocycles. The average Bonchev–Trinajstić information content (AvgIpc) is 2.51. The summed E-state index contributed by atoms with van der Waals surface area (Å²) in [7, 11) is 0. The second-order valence-corrected chi connectivity index (χ2v) is 4.57. The Balaban J connectivity index is 2.45. The van der Waals surface area contributed by atoms with Crippen molar-refractivity contribution in [2.45, 2.75) is 0 Å². The number of carbonyl (C=O) groups excluding carboxylic acids is 2. The van der Waals surface area contributed by atoms with E-state index in [4.69, 9.17) is 0 Å². The summed E-state index contributed by atoms with van der Waals surface area (Å²) in [4.78, 5) is 45.8. The van der Waals surface area contributed by atoms with Crippen LogP contribution in [-0.2, 0) is 0 Å². The van der Waals surface area contributed by atoms with Gasteiger partial charge in [-0.05, 0) is 11.2 Å². The predicted octanol–water partition coefficient (Wildman–Crippen LogP) is 2.47. The zero-order chi connectivity index (χ0) is 16.0. The topological polar surface area (TPSA) is 127 Å². The van der Waals surface area contributed by atoms with Gasteiger partial charge in [-0.15, -0.1) is 4.91 Å². The maximum absolute atomic E-state index is 12.5. The predicted molar refractivity (Wildman–Crippen MR) is 73.5 cm³/mol. The normalized spacial score (nSPS) is 12.5. The van der Waals surface area contributed by atoms with Crippen molar-refractivity contribution < 1.29 is 19.6 Å². The monoisotopic (exact) mass is 298 g/mol. The number of hydrogen-bond donors (Lipinski definition) is 1. The molecule has 1 N–H and O–H groups in total. The molecule has 0 aliphatic heterocycles. The smallest absolute Gasteiger partial charge is 0.314 e. The zero-order valence-electron chi connectivity index (χ0n) is 10.8. The molecule has 8 nitrogen and oxygen atoms in total. The van der Waals surface area contributed by atoms with E-state index < -0.39 is 39.2 Å². The molecule has 0 radical (unpaired) electrons. The Kier molecular flexibility index (Phi) is 2.81. The van der Waals surface area contributed by atoms with Gasteiger partial charge in [-0.2, -0.15) is 0 Å². The highest BCUT2D eigenvalue weighted by Crippen LogP contribution is 2.44. The number of phenolic OH excluding ortho intramolecular Hbond substituents is 1. The SMILES string of the molecule is O=Nc1c(O)cc2c(c1[N+](=O)[O-])C(=O)c1ccccc1C2=O. The highest BCUT2D eigenvalue weighted by atomic mass is 16.6. The Morgan fingerprint density at radius 1 is 1.05 bits per heavy atom. The number of nitroso groups, excluding NO2 is 1. The molecule has 0 aromatic heterocycles. The third-order valence-corrected chi connectivity index (χ3v) is 3.42. The van der Waals surface area contributed by atoms with E-state index in [0.29, 0.717) is 0 Å². The van der Waals surface area contributed by atoms with Crippen LogP contribution in [0.15, 0.2) is 35.5 Å². The molecule has 3 rings (SSSR count). The van der Waals surface area contributed by atoms with E-state index in [1.54, 1.807) is 6.07 Å². The van der Waals surface area contributed by atoms with Crippen molar-refractivity contribution in [1.82, 2.24) is 0 Å². The molecule has 108 valence electrons. The number of nitro groups is 1. The summed E-state index contributed by atoms with van der Waals surface area (Å²) in [5, 5.41) is 23.3. The average molecular weight is 298 g/mol. The molecule has 0 spiro atoms. The molecule has 1 aliphatic rings. The van der Waals surface area contributed by atoms with E-state index in [2.05, 4.69) is 5.18 Å². The van der Waals surface area contributed by atoms with Crippen LogP contribution >= 0.6 is 0 Å². The lowest BCUT2D eigenvalue weighted by Crippen LogP contribution is -2.22. The number of hydrogen-bond acceptors (Lipinski definition) is 7. The van der Waals surface area contributed by atoms with E-state index >= 15 is 0 Å². The summed E-state index contributed by atoms with van der Waals surface area (Å²) in [6, 6.07) is 6.69. The van der Waals surface area contributed by atoms with Crippen LogP contribution in [-0.4, -0.2) is 21.6 Å². The van der Waals surface area contributed by atoms with Crippen LogP contribution in [0.2, 0.25) is 0 Å². The highest BCUT2D eigenvalue weighted by Gasteiger charge is 2.39. The maximum atomic E-state index is 12.5. The third-order valence-electron chi connectivity index (χ3n) is 3.42. The lowest BCUT2D eigenvalue weighted by molar-refractivity contribution is -0.384. The van der Waals surface area contributed by atoms with Crippen molar-refractivity contribution in [1.29, 1.82) is 0 Å². The van der Waals surface area contributed by atoms with Crippen molar-refractivity contribution in [2.75, 3.05) is 0 Å². The molecule has 0 amide bonds. The molecule has 0 atom stereocenters. The Hall–Kier alpha value is -3.42. The first kappa shape index (κ1) is 13.6. The molecular weight excluding hydrogens is 292 g/mol. The van der Waals surface area contributed by atoms with Gasteiger partial charge in [-0.1, -0.05) is 24.3 Å². The maximum Gasteiger partial charge on any atom is 0.314 e. The molecule has 2 aromatic rings. The molecule has 2 aromatic carbocycles. The van der Waals surface area contributed by atoms with E-state index in [9.17, 15) is 29.7 Å². The molecule has 1 aliphatic carbocycles. The number of phenols is 1. The van der Waals surface area contributed by atoms with Gasteiger partial charge in [0.15, 0.2) is 11.5 Å². The van der Waals surface area contributed by atoms with Gasteiger partial charge < -0.3 is 5.11 Å². The van der Waals surface area contributed by atoms with Crippen molar-refractivity contribution in [3.05, 3.63) is 67.6 Å². The molecular formula is C14H6N2O6. The summed E-state index contributed by atoms with van der Waals surface area (Å²) in [6.07, 6.45) is 0. The largest absolute Gasteiger partial charge is 0.505 e. The van der Waals surface area contributed by atoms with Crippen LogP contribution in [0.5, 0.6) is 5.75 Å². The van der Waals surface area contributed by atoms with Crippen LogP contribution in [0.25, 0.3) is 0 Å². The van der Waals surface area contributed by atoms with Gasteiger partial charge in [0.2, 0.25) is 11.5 Å². The van der Waals surface area contributed by atoms with E-state index in [-0.39, 0.29) is 16.7 Å². The lowest BCUT2D eigenvalue weighted by atomic mass is 9.82. The molecule has 0 fully saturated rings. The minimum absolute atomic E-state index is 0.00522. The number of carbonyl (C=O) groups is 2. The summed E-state index contributed by atoms with van der Waals surface area (Å²) in [6.45, 7) is 0. The van der Waals surface area contributed by atoms with Gasteiger partial charge in [0, 0.05) is 16.7 Å². The van der Waals surface area contributed by atoms with Gasteiger partial charge >= 0.3 is 5.69 Å². The lowest BCUT2D eigenvalue weighted by Gasteiger charge is -2.17. The zero-order valence-corrected chi connectivity index (χ0v) is 10.8. The summed E-state index contributed by atoms with van der Waals surface area (Å²) < 4.78 is 0. The fraction of sp³-hybridized carbons (Fsp3) is 0. The highest BCUT2D eigenvalue weighted by molar-refractivity contribution is 6.30. The van der Waals surface area contributed by atoms with Crippen LogP contribution in [0.1, 0.15) is 31.8 Å². The fourth-order valence-corrected chi connectivity index (χ4v) is 2.48. The Morgan fingerprint density at radius 2 is 1.64 bits per heavy atom. The van der Waals surface area contributed by atoms with E-state index in [1.807, 2.05) is 0 Å². The standard InChI is InChI=1S/C14H6N2O6/c17-9-5-8-10(12(16(21)22)11(9)15-20)14(19)7-4-2-1-3-6(7)13(8)18/h1-5,17H. The van der Waals surface area contributed by atoms with Crippen molar-refractivity contribution in [2.24, 2.45) is 5.18 Å². The Morgan fingerprint density at radius 3 is 2.18 bits per heavy atom. The van der Waals surface area contributed by atoms with Crippen LogP contribution in [0, 0.1) is 15.0 Å². The number of nitro benzene ring substituents is 1. The van der Waals surface area contributed by atoms with Crippen LogP contribution < -0.4 is 0 Å². The summed E-state index contributed by atoms with van der Waals surface area (Å²) in [5.41, 5.74) is -2.59. The number of rotatable bonds is 2. The van der Waals surface area contributed by atoms with Gasteiger partial charge in [0.05, 0.1) is 4.92 Å². The second kappa shape index (κ2) is 4.55. The van der Waals surface area contributed by atoms with Crippen LogP contribution in [0.4, 0.5) is 11.4 Å². The second-order valence-electron chi connectivity index (χ2n) is 4.57. The fourth-order valence-electron chi connectivity index (χ4n) is 2.48. The van der Waals surface area contributed by atoms with E-state index in [1.165, 1.54) is 18.2 Å². The Labute approximate surface area is 122 Å². The molecule has 8 heteroatoms. The van der Waals surface area contributed by atoms with Gasteiger partial charge in [-0.3, -0.25) is 19.7 Å². The van der Waals surface area contributed by atoms with Gasteiger partial charge in [0.1, 0.15) is 5.56 Å². The molecule has 0 heterocycles. The van der Waals surface area contributed by atoms with Gasteiger partial charge in [-0.25, -0.2) is 0 Å². The Bertz CT molecular complexity index is 887. The molecule has 0 bridgehead atoms. The third kappa shape index (κ3) is 1.64. The molecule has 0 saturated carbocycles. The minimum atomic E-state index is -1.01. The molecule has 0 unspecified atom stereocenters. The van der Waals surface area contributed by atoms with Gasteiger partial charge in [0.25, 0.3) is 0 Å². The number of aromatic hydroxyl groups is 1. The number of nitrogens with zero attached hydrogens (tertiary/aromatic N) is 2. The number of benzene rings is 2. The van der Waals surface area contributed by atoms with Crippen molar-refractivity contribution >= 4 is 22.9 Å². The van der Waals surface area contributed by atoms with Crippen LogP contribution in [0.3, 0.4) is 0 Å². The first-order valence-electron chi connectivity index (χ1n) is 6.03. The van der Waals surface area contributed by atoms with Crippen molar-refractivity contribution in [3.8, 4) is 5.75 Å². The number of fused-ring (bicyclic) bond motifs is 2. The summed E-state index contributed by atoms with van der Waals surface area (Å²) in [5.74, 6) is -2.22. The first-order chi connectivity index (χ1) is 10.5. The van der Waals surface area contributed by atoms with E-state index in [0.717, 1.165) is 6.07 Å². The number of ketones is 2. The summed E-state index contributed by atoms with van der Waals surface area (Å²) >= 11 is 0. The molecule has 22 heavy (non-hydrogen) atoms. The minimum Gasteiger partial charge on any atom is -0.505 e. The van der Waals surface area contributed by atoms with Crippen molar-refractivity contribution in [3.63, 3.8) is 0 Å². The quantitative estimate of drug-likeness (QED) is 0.440. The first-order valence-corrected chi connectivity index (χ1v) is 6.03.